The molecular formula is C14H17Cl2N3O3. The summed E-state index contributed by atoms with van der Waals surface area (Å²) in [5.74, 6) is -0.575. The number of halogens is 2. The zero-order valence-corrected chi connectivity index (χ0v) is 13.8. The molecule has 1 aromatic carbocycles. The van der Waals surface area contributed by atoms with Gasteiger partial charge < -0.3 is 0 Å². The quantitative estimate of drug-likeness (QED) is 0.634. The number of benzene rings is 1. The van der Waals surface area contributed by atoms with Gasteiger partial charge in [0.2, 0.25) is 0 Å². The largest absolute Gasteiger partial charge is 0.299 e. The Hall–Kier alpha value is -1.50. The normalized spacial score (nSPS) is 16.7. The molecule has 1 heterocycles. The van der Waals surface area contributed by atoms with Crippen molar-refractivity contribution in [3.63, 3.8) is 0 Å². The zero-order valence-electron chi connectivity index (χ0n) is 12.3. The Morgan fingerprint density at radius 2 is 2.18 bits per heavy atom. The highest BCUT2D eigenvalue weighted by Gasteiger charge is 2.40. The van der Waals surface area contributed by atoms with Crippen molar-refractivity contribution in [3.8, 4) is 0 Å². The van der Waals surface area contributed by atoms with Crippen molar-refractivity contribution in [2.45, 2.75) is 20.4 Å². The monoisotopic (exact) mass is 345 g/mol. The van der Waals surface area contributed by atoms with Gasteiger partial charge in [-0.2, -0.15) is 0 Å². The minimum Gasteiger partial charge on any atom is -0.299 e. The highest BCUT2D eigenvalue weighted by atomic mass is 35.5. The molecule has 2 amide bonds. The first kappa shape index (κ1) is 16.9. The van der Waals surface area contributed by atoms with Crippen LogP contribution < -0.4 is 10.9 Å². The van der Waals surface area contributed by atoms with Crippen LogP contribution in [0.5, 0.6) is 0 Å². The molecule has 0 aliphatic carbocycles. The Bertz CT molecular complexity index is 593. The van der Waals surface area contributed by atoms with Crippen LogP contribution in [0.4, 0.5) is 5.69 Å². The summed E-state index contributed by atoms with van der Waals surface area (Å²) in [7, 11) is 0. The van der Waals surface area contributed by atoms with E-state index in [1.54, 1.807) is 18.2 Å². The average molecular weight is 346 g/mol. The summed E-state index contributed by atoms with van der Waals surface area (Å²) in [5.41, 5.74) is 5.97. The molecule has 0 spiro atoms. The van der Waals surface area contributed by atoms with Gasteiger partial charge in [-0.25, -0.2) is 5.06 Å². The van der Waals surface area contributed by atoms with E-state index in [2.05, 4.69) is 10.9 Å². The van der Waals surface area contributed by atoms with Crippen LogP contribution in [0.25, 0.3) is 0 Å². The van der Waals surface area contributed by atoms with Crippen LogP contribution in [-0.2, 0) is 21.0 Å². The van der Waals surface area contributed by atoms with Gasteiger partial charge in [0.1, 0.15) is 5.88 Å². The van der Waals surface area contributed by atoms with E-state index in [-0.39, 0.29) is 24.2 Å². The predicted octanol–water partition coefficient (Wildman–Crippen LogP) is 2.32. The summed E-state index contributed by atoms with van der Waals surface area (Å²) < 4.78 is 0. The molecule has 1 aromatic rings. The first-order valence-corrected chi connectivity index (χ1v) is 7.59. The number of amides is 2. The summed E-state index contributed by atoms with van der Waals surface area (Å²) in [5, 5.41) is 1.82. The van der Waals surface area contributed by atoms with Gasteiger partial charge in [0.25, 0.3) is 11.8 Å². The topological polar surface area (TPSA) is 70.7 Å². The lowest BCUT2D eigenvalue weighted by Gasteiger charge is -2.18. The smallest absolute Gasteiger partial charge is 0.254 e. The fourth-order valence-electron chi connectivity index (χ4n) is 1.92. The van der Waals surface area contributed by atoms with Gasteiger partial charge in [0.15, 0.2) is 0 Å². The van der Waals surface area contributed by atoms with E-state index in [1.165, 1.54) is 5.06 Å². The van der Waals surface area contributed by atoms with Crippen molar-refractivity contribution in [2.75, 3.05) is 17.9 Å². The van der Waals surface area contributed by atoms with Gasteiger partial charge >= 0.3 is 0 Å². The van der Waals surface area contributed by atoms with E-state index in [4.69, 9.17) is 28.0 Å². The maximum Gasteiger partial charge on any atom is 0.254 e. The minimum absolute atomic E-state index is 0.0858. The van der Waals surface area contributed by atoms with Crippen LogP contribution in [0.15, 0.2) is 18.2 Å². The molecule has 0 atom stereocenters. The summed E-state index contributed by atoms with van der Waals surface area (Å²) in [6, 6.07) is 5.12. The molecule has 2 N–H and O–H groups in total. The molecule has 1 aliphatic rings. The third-order valence-corrected chi connectivity index (χ3v) is 3.83. The van der Waals surface area contributed by atoms with Crippen LogP contribution in [0.2, 0.25) is 5.02 Å². The molecule has 2 rings (SSSR count). The van der Waals surface area contributed by atoms with Crippen LogP contribution in [-0.4, -0.2) is 29.4 Å². The van der Waals surface area contributed by atoms with Crippen molar-refractivity contribution < 1.29 is 14.4 Å². The second kappa shape index (κ2) is 6.73. The van der Waals surface area contributed by atoms with Crippen LogP contribution in [0, 0.1) is 5.41 Å². The number of nitrogens with one attached hydrogen (secondary N) is 2. The highest BCUT2D eigenvalue weighted by Crippen LogP contribution is 2.30. The Balaban J connectivity index is 2.07. The lowest BCUT2D eigenvalue weighted by molar-refractivity contribution is -0.165. The van der Waals surface area contributed by atoms with Crippen molar-refractivity contribution >= 4 is 40.7 Å². The Labute approximate surface area is 138 Å². The van der Waals surface area contributed by atoms with E-state index < -0.39 is 5.41 Å². The number of rotatable bonds is 5. The molecule has 22 heavy (non-hydrogen) atoms. The van der Waals surface area contributed by atoms with Gasteiger partial charge in [-0.3, -0.25) is 25.3 Å². The van der Waals surface area contributed by atoms with Gasteiger partial charge in [-0.15, -0.1) is 11.6 Å². The molecule has 6 nitrogen and oxygen atoms in total. The molecule has 0 saturated carbocycles. The molecule has 0 unspecified atom stereocenters. The average Bonchev–Trinajstić information content (AvgIpc) is 2.74. The SMILES string of the molecule is CC1(C)CON(Cc2cc(NNC(=O)CCl)ccc2Cl)C1=O. The molecular weight excluding hydrogens is 329 g/mol. The van der Waals surface area contributed by atoms with Gasteiger partial charge in [-0.1, -0.05) is 11.6 Å². The summed E-state index contributed by atoms with van der Waals surface area (Å²) in [4.78, 5) is 28.7. The number of hydrogen-bond acceptors (Lipinski definition) is 4. The highest BCUT2D eigenvalue weighted by molar-refractivity contribution is 6.31. The Kier molecular flexibility index (Phi) is 5.16. The lowest BCUT2D eigenvalue weighted by Crippen LogP contribution is -2.31. The molecule has 1 aliphatic heterocycles. The molecule has 8 heteroatoms. The van der Waals surface area contributed by atoms with Gasteiger partial charge in [0.05, 0.1) is 24.3 Å². The van der Waals surface area contributed by atoms with Crippen LogP contribution >= 0.6 is 23.2 Å². The number of carbonyl (C=O) groups is 2. The number of alkyl halides is 1. The summed E-state index contributed by atoms with van der Waals surface area (Å²) in [6.07, 6.45) is 0. The zero-order chi connectivity index (χ0) is 16.3. The maximum absolute atomic E-state index is 12.2. The standard InChI is InChI=1S/C14H17Cl2N3O3/c1-14(2)8-22-19(13(14)21)7-9-5-10(3-4-11(9)16)17-18-12(20)6-15/h3-5,17H,6-8H2,1-2H3,(H,18,20). The number of hydrogen-bond donors (Lipinski definition) is 2. The maximum atomic E-state index is 12.2. The van der Waals surface area contributed by atoms with E-state index >= 15 is 0 Å². The number of anilines is 1. The third-order valence-electron chi connectivity index (χ3n) is 3.21. The third kappa shape index (κ3) is 3.82. The van der Waals surface area contributed by atoms with Gasteiger partial charge in [0, 0.05) is 5.02 Å². The molecule has 0 bridgehead atoms. The van der Waals surface area contributed by atoms with Crippen molar-refractivity contribution in [1.82, 2.24) is 10.5 Å². The molecule has 120 valence electrons. The number of carbonyl (C=O) groups excluding carboxylic acids is 2. The molecule has 0 radical (unpaired) electrons. The van der Waals surface area contributed by atoms with Crippen molar-refractivity contribution in [2.24, 2.45) is 5.41 Å². The predicted molar refractivity (Wildman–Crippen MR) is 84.2 cm³/mol. The molecule has 1 saturated heterocycles. The first-order chi connectivity index (χ1) is 10.3. The second-order valence-corrected chi connectivity index (χ2v) is 6.29. The van der Waals surface area contributed by atoms with Crippen LogP contribution in [0.3, 0.4) is 0 Å². The van der Waals surface area contributed by atoms with Gasteiger partial charge in [-0.05, 0) is 37.6 Å². The second-order valence-electron chi connectivity index (χ2n) is 5.61. The molecule has 0 aromatic heterocycles. The Morgan fingerprint density at radius 1 is 1.45 bits per heavy atom. The number of hydroxylamine groups is 2. The van der Waals surface area contributed by atoms with Crippen molar-refractivity contribution in [1.29, 1.82) is 0 Å². The van der Waals surface area contributed by atoms with E-state index in [1.807, 2.05) is 13.8 Å². The van der Waals surface area contributed by atoms with Crippen molar-refractivity contribution in [3.05, 3.63) is 28.8 Å². The summed E-state index contributed by atoms with van der Waals surface area (Å²) >= 11 is 11.6. The number of nitrogens with zero attached hydrogens (tertiary/aromatic N) is 1. The Morgan fingerprint density at radius 3 is 2.77 bits per heavy atom. The fourth-order valence-corrected chi connectivity index (χ4v) is 2.16. The summed E-state index contributed by atoms with van der Waals surface area (Å²) in [6.45, 7) is 4.24. The first-order valence-electron chi connectivity index (χ1n) is 6.67. The lowest BCUT2D eigenvalue weighted by atomic mass is 9.95. The van der Waals surface area contributed by atoms with E-state index in [0.29, 0.717) is 22.9 Å². The minimum atomic E-state index is -0.531. The number of hydrazine groups is 1. The van der Waals surface area contributed by atoms with E-state index in [0.717, 1.165) is 0 Å². The van der Waals surface area contributed by atoms with E-state index in [9.17, 15) is 9.59 Å². The fraction of sp³-hybridized carbons (Fsp3) is 0.429. The van der Waals surface area contributed by atoms with Crippen LogP contribution in [0.1, 0.15) is 19.4 Å². The molecule has 1 fully saturated rings.